The second kappa shape index (κ2) is 13.2. The average molecular weight is 365 g/mol. The number of Topliss-reactive ketones (excluding diaryl/α,β-unsaturated/α-hetero) is 2. The van der Waals surface area contributed by atoms with Gasteiger partial charge in [-0.2, -0.15) is 0 Å². The summed E-state index contributed by atoms with van der Waals surface area (Å²) in [5.74, 6) is 1.16. The lowest BCUT2D eigenvalue weighted by atomic mass is 10.1. The molecule has 136 valence electrons. The van der Waals surface area contributed by atoms with E-state index in [9.17, 15) is 9.59 Å². The van der Waals surface area contributed by atoms with Gasteiger partial charge < -0.3 is 14.6 Å². The van der Waals surface area contributed by atoms with Crippen molar-refractivity contribution < 1.29 is 19.4 Å². The maximum atomic E-state index is 10.7. The Morgan fingerprint density at radius 2 is 1.36 bits per heavy atom. The molecule has 2 rings (SSSR count). The van der Waals surface area contributed by atoms with Crippen LogP contribution >= 0.6 is 11.6 Å². The maximum absolute atomic E-state index is 10.7. The number of aliphatic hydroxyl groups is 1. The van der Waals surface area contributed by atoms with Crippen molar-refractivity contribution in [3.8, 4) is 5.75 Å². The molecule has 0 spiro atoms. The third-order valence-electron chi connectivity index (χ3n) is 2.71. The molecule has 0 fully saturated rings. The van der Waals surface area contributed by atoms with E-state index in [1.807, 2.05) is 36.4 Å². The molecule has 0 aliphatic heterocycles. The van der Waals surface area contributed by atoms with Gasteiger partial charge in [0.05, 0.1) is 13.7 Å². The Hall–Kier alpha value is -2.17. The monoisotopic (exact) mass is 364 g/mol. The zero-order valence-electron chi connectivity index (χ0n) is 15.1. The topological polar surface area (TPSA) is 63.6 Å². The molecular weight excluding hydrogens is 340 g/mol. The molecule has 4 nitrogen and oxygen atoms in total. The molecule has 2 aromatic carbocycles. The van der Waals surface area contributed by atoms with E-state index < -0.39 is 0 Å². The number of ketones is 2. The van der Waals surface area contributed by atoms with E-state index in [4.69, 9.17) is 21.4 Å². The van der Waals surface area contributed by atoms with E-state index in [1.165, 1.54) is 13.8 Å². The zero-order chi connectivity index (χ0) is 19.2. The summed E-state index contributed by atoms with van der Waals surface area (Å²) in [6.07, 6.45) is 0.478. The standard InChI is InChI=1S/C10H12O2.C7H7ClO.C3H6O/c1-8(12)6-9-2-4-10(7-11)5-3-9;1-9-7-4-2-6(8)3-5-7;1-3(2)4/h2-5,11H,6-7H2,1H3;2-5H,1H3;1-2H3. The molecule has 0 bridgehead atoms. The molecule has 0 aromatic heterocycles. The number of hydrogen-bond acceptors (Lipinski definition) is 4. The van der Waals surface area contributed by atoms with Crippen molar-refractivity contribution in [2.45, 2.75) is 33.8 Å². The van der Waals surface area contributed by atoms with E-state index >= 15 is 0 Å². The lowest BCUT2D eigenvalue weighted by Gasteiger charge is -1.98. The normalized spacial score (nSPS) is 9.04. The van der Waals surface area contributed by atoms with Crippen LogP contribution in [0, 0.1) is 0 Å². The molecule has 0 aliphatic rings. The van der Waals surface area contributed by atoms with Crippen molar-refractivity contribution in [2.24, 2.45) is 0 Å². The SMILES string of the molecule is CC(=O)Cc1ccc(CO)cc1.CC(C)=O.COc1ccc(Cl)cc1. The molecule has 1 N–H and O–H groups in total. The van der Waals surface area contributed by atoms with E-state index in [2.05, 4.69) is 0 Å². The predicted octanol–water partition coefficient (Wildman–Crippen LogP) is 4.25. The van der Waals surface area contributed by atoms with Gasteiger partial charge in [0.2, 0.25) is 0 Å². The van der Waals surface area contributed by atoms with Gasteiger partial charge in [-0.1, -0.05) is 35.9 Å². The average Bonchev–Trinajstić information content (AvgIpc) is 2.56. The molecule has 0 heterocycles. The smallest absolute Gasteiger partial charge is 0.134 e. The van der Waals surface area contributed by atoms with E-state index in [0.717, 1.165) is 21.9 Å². The first-order valence-electron chi connectivity index (χ1n) is 7.73. The number of carbonyl (C=O) groups excluding carboxylic acids is 2. The Labute approximate surface area is 154 Å². The second-order valence-electron chi connectivity index (χ2n) is 5.42. The number of benzene rings is 2. The van der Waals surface area contributed by atoms with Crippen LogP contribution in [0.4, 0.5) is 0 Å². The zero-order valence-corrected chi connectivity index (χ0v) is 15.8. The maximum Gasteiger partial charge on any atom is 0.134 e. The van der Waals surface area contributed by atoms with Gasteiger partial charge in [0.15, 0.2) is 0 Å². The number of rotatable bonds is 4. The van der Waals surface area contributed by atoms with Crippen LogP contribution < -0.4 is 4.74 Å². The highest BCUT2D eigenvalue weighted by Crippen LogP contribution is 2.14. The molecule has 0 amide bonds. The van der Waals surface area contributed by atoms with Gasteiger partial charge >= 0.3 is 0 Å². The van der Waals surface area contributed by atoms with Gasteiger partial charge in [-0.25, -0.2) is 0 Å². The van der Waals surface area contributed by atoms with Crippen molar-refractivity contribution >= 4 is 23.2 Å². The van der Waals surface area contributed by atoms with Crippen molar-refractivity contribution in [3.63, 3.8) is 0 Å². The molecule has 2 aromatic rings. The number of methoxy groups -OCH3 is 1. The minimum absolute atomic E-state index is 0.0559. The van der Waals surface area contributed by atoms with Gasteiger partial charge in [0.25, 0.3) is 0 Å². The van der Waals surface area contributed by atoms with Crippen LogP contribution in [0.1, 0.15) is 31.9 Å². The fraction of sp³-hybridized carbons (Fsp3) is 0.300. The summed E-state index contributed by atoms with van der Waals surface area (Å²) in [6.45, 7) is 4.68. The van der Waals surface area contributed by atoms with Gasteiger partial charge in [0, 0.05) is 11.4 Å². The van der Waals surface area contributed by atoms with Gasteiger partial charge in [-0.15, -0.1) is 0 Å². The summed E-state index contributed by atoms with van der Waals surface area (Å²) >= 11 is 5.61. The molecular formula is C20H25ClO4. The Bertz CT molecular complexity index is 630. The molecule has 0 saturated heterocycles. The van der Waals surface area contributed by atoms with Gasteiger partial charge in [-0.3, -0.25) is 4.79 Å². The largest absolute Gasteiger partial charge is 0.497 e. The summed E-state index contributed by atoms with van der Waals surface area (Å²) in [7, 11) is 1.63. The third kappa shape index (κ3) is 12.9. The number of aliphatic hydroxyl groups excluding tert-OH is 1. The number of carbonyl (C=O) groups is 2. The Morgan fingerprint density at radius 1 is 0.920 bits per heavy atom. The summed E-state index contributed by atoms with van der Waals surface area (Å²) in [5.41, 5.74) is 1.88. The fourth-order valence-corrected chi connectivity index (χ4v) is 1.75. The summed E-state index contributed by atoms with van der Waals surface area (Å²) in [4.78, 5) is 20.2. The van der Waals surface area contributed by atoms with Gasteiger partial charge in [0.1, 0.15) is 17.3 Å². The van der Waals surface area contributed by atoms with E-state index in [1.54, 1.807) is 26.2 Å². The van der Waals surface area contributed by atoms with Crippen LogP contribution in [0.5, 0.6) is 5.75 Å². The first kappa shape index (κ1) is 22.8. The van der Waals surface area contributed by atoms with Crippen LogP contribution in [0.3, 0.4) is 0 Å². The van der Waals surface area contributed by atoms with E-state index in [-0.39, 0.29) is 18.2 Å². The predicted molar refractivity (Wildman–Crippen MR) is 101 cm³/mol. The van der Waals surface area contributed by atoms with Crippen molar-refractivity contribution in [2.75, 3.05) is 7.11 Å². The van der Waals surface area contributed by atoms with Crippen LogP contribution in [-0.4, -0.2) is 23.8 Å². The van der Waals surface area contributed by atoms with Crippen LogP contribution in [-0.2, 0) is 22.6 Å². The molecule has 0 radical (unpaired) electrons. The number of ether oxygens (including phenoxy) is 1. The summed E-state index contributed by atoms with van der Waals surface area (Å²) in [5, 5.41) is 9.48. The molecule has 0 saturated carbocycles. The lowest BCUT2D eigenvalue weighted by molar-refractivity contribution is -0.116. The Kier molecular flexibility index (Phi) is 12.0. The molecule has 0 aliphatic carbocycles. The number of halogens is 1. The minimum atomic E-state index is 0.0559. The lowest BCUT2D eigenvalue weighted by Crippen LogP contribution is -1.96. The molecule has 5 heteroatoms. The summed E-state index contributed by atoms with van der Waals surface area (Å²) in [6, 6.07) is 14.6. The Morgan fingerprint density at radius 3 is 1.72 bits per heavy atom. The fourth-order valence-electron chi connectivity index (χ4n) is 1.62. The quantitative estimate of drug-likeness (QED) is 0.880. The first-order chi connectivity index (χ1) is 11.8. The molecule has 0 atom stereocenters. The third-order valence-corrected chi connectivity index (χ3v) is 2.96. The van der Waals surface area contributed by atoms with Crippen LogP contribution in [0.25, 0.3) is 0 Å². The summed E-state index contributed by atoms with van der Waals surface area (Å²) < 4.78 is 4.91. The molecule has 0 unspecified atom stereocenters. The van der Waals surface area contributed by atoms with Crippen LogP contribution in [0.15, 0.2) is 48.5 Å². The Balaban J connectivity index is 0.000000391. The van der Waals surface area contributed by atoms with Gasteiger partial charge in [-0.05, 0) is 56.2 Å². The number of hydrogen-bond donors (Lipinski definition) is 1. The minimum Gasteiger partial charge on any atom is -0.497 e. The highest BCUT2D eigenvalue weighted by Gasteiger charge is 1.96. The van der Waals surface area contributed by atoms with E-state index in [0.29, 0.717) is 6.42 Å². The van der Waals surface area contributed by atoms with Crippen molar-refractivity contribution in [1.82, 2.24) is 0 Å². The first-order valence-corrected chi connectivity index (χ1v) is 8.11. The second-order valence-corrected chi connectivity index (χ2v) is 5.86. The molecule has 25 heavy (non-hydrogen) atoms. The van der Waals surface area contributed by atoms with Crippen molar-refractivity contribution in [3.05, 3.63) is 64.7 Å². The highest BCUT2D eigenvalue weighted by molar-refractivity contribution is 6.30. The van der Waals surface area contributed by atoms with Crippen molar-refractivity contribution in [1.29, 1.82) is 0 Å². The highest BCUT2D eigenvalue weighted by atomic mass is 35.5. The van der Waals surface area contributed by atoms with Crippen LogP contribution in [0.2, 0.25) is 5.02 Å².